The fraction of sp³-hybridized carbons (Fsp3) is 0. The van der Waals surface area contributed by atoms with Crippen molar-refractivity contribution in [2.45, 2.75) is 0 Å². The molecule has 0 atom stereocenters. The average molecular weight is 199 g/mol. The predicted molar refractivity (Wildman–Crippen MR) is 50.2 cm³/mol. The van der Waals surface area contributed by atoms with Crippen LogP contribution >= 0.6 is 11.3 Å². The Kier molecular flexibility index (Phi) is 1.78. The van der Waals surface area contributed by atoms with Gasteiger partial charge in [-0.15, -0.1) is 0 Å². The number of benzene rings is 1. The van der Waals surface area contributed by atoms with E-state index >= 15 is 0 Å². The summed E-state index contributed by atoms with van der Waals surface area (Å²) >= 11 is 0.966. The van der Waals surface area contributed by atoms with E-state index in [4.69, 9.17) is 5.84 Å². The molecule has 1 heterocycles. The first-order valence-electron chi connectivity index (χ1n) is 3.49. The van der Waals surface area contributed by atoms with Gasteiger partial charge in [-0.3, -0.25) is 10.6 Å². The van der Waals surface area contributed by atoms with Gasteiger partial charge in [0.05, 0.1) is 15.9 Å². The van der Waals surface area contributed by atoms with E-state index in [1.807, 2.05) is 0 Å². The number of hydrogen-bond acceptors (Lipinski definition) is 4. The standard InChI is InChI=1S/C7H6FN3OS/c8-3-1-6-5(2-4(3)11-9)10-7(12)13-6/h1-2,11H,9H2,(H,10,12). The summed E-state index contributed by atoms with van der Waals surface area (Å²) in [5.41, 5.74) is 2.96. The summed E-state index contributed by atoms with van der Waals surface area (Å²) in [4.78, 5) is 13.2. The zero-order valence-electron chi connectivity index (χ0n) is 6.43. The van der Waals surface area contributed by atoms with Gasteiger partial charge in [0.25, 0.3) is 0 Å². The molecule has 1 aromatic carbocycles. The number of nitrogen functional groups attached to an aromatic ring is 1. The van der Waals surface area contributed by atoms with Crippen LogP contribution in [0.1, 0.15) is 0 Å². The van der Waals surface area contributed by atoms with E-state index in [9.17, 15) is 9.18 Å². The highest BCUT2D eigenvalue weighted by molar-refractivity contribution is 7.16. The van der Waals surface area contributed by atoms with E-state index in [2.05, 4.69) is 10.4 Å². The number of anilines is 1. The molecule has 0 saturated heterocycles. The van der Waals surface area contributed by atoms with Crippen molar-refractivity contribution < 1.29 is 4.39 Å². The topological polar surface area (TPSA) is 70.9 Å². The maximum Gasteiger partial charge on any atom is 0.305 e. The highest BCUT2D eigenvalue weighted by Crippen LogP contribution is 2.22. The molecule has 0 spiro atoms. The molecule has 6 heteroatoms. The normalized spacial score (nSPS) is 10.6. The Morgan fingerprint density at radius 3 is 3.00 bits per heavy atom. The Morgan fingerprint density at radius 2 is 2.31 bits per heavy atom. The third-order valence-corrected chi connectivity index (χ3v) is 2.51. The zero-order valence-corrected chi connectivity index (χ0v) is 7.24. The number of hydrazine groups is 1. The lowest BCUT2D eigenvalue weighted by molar-refractivity contribution is 0.632. The second kappa shape index (κ2) is 2.82. The lowest BCUT2D eigenvalue weighted by atomic mass is 10.3. The SMILES string of the molecule is NNc1cc2[nH]c(=O)sc2cc1F. The summed E-state index contributed by atoms with van der Waals surface area (Å²) in [6, 6.07) is 2.73. The number of nitrogens with one attached hydrogen (secondary N) is 2. The van der Waals surface area contributed by atoms with Gasteiger partial charge in [0, 0.05) is 0 Å². The molecule has 0 aliphatic rings. The van der Waals surface area contributed by atoms with Crippen LogP contribution in [0.5, 0.6) is 0 Å². The van der Waals surface area contributed by atoms with Crippen LogP contribution in [0.25, 0.3) is 10.2 Å². The molecule has 0 radical (unpaired) electrons. The van der Waals surface area contributed by atoms with Crippen molar-refractivity contribution >= 4 is 27.2 Å². The predicted octanol–water partition coefficient (Wildman–Crippen LogP) is 1.01. The maximum atomic E-state index is 13.1. The van der Waals surface area contributed by atoms with Crippen LogP contribution in [0.15, 0.2) is 16.9 Å². The molecule has 4 nitrogen and oxygen atoms in total. The van der Waals surface area contributed by atoms with Gasteiger partial charge >= 0.3 is 4.87 Å². The third-order valence-electron chi connectivity index (χ3n) is 1.66. The number of aromatic amines is 1. The molecule has 0 amide bonds. The molecule has 2 aromatic rings. The summed E-state index contributed by atoms with van der Waals surface area (Å²) in [6.45, 7) is 0. The minimum Gasteiger partial charge on any atom is -0.321 e. The molecule has 1 aromatic heterocycles. The van der Waals surface area contributed by atoms with Crippen LogP contribution < -0.4 is 16.1 Å². The first-order chi connectivity index (χ1) is 6.20. The molecule has 0 aliphatic carbocycles. The highest BCUT2D eigenvalue weighted by Gasteiger charge is 2.05. The highest BCUT2D eigenvalue weighted by atomic mass is 32.1. The van der Waals surface area contributed by atoms with Gasteiger partial charge in [-0.25, -0.2) is 4.39 Å². The monoisotopic (exact) mass is 199 g/mol. The largest absolute Gasteiger partial charge is 0.321 e. The van der Waals surface area contributed by atoms with Crippen LogP contribution in [0.2, 0.25) is 0 Å². The number of fused-ring (bicyclic) bond motifs is 1. The van der Waals surface area contributed by atoms with Crippen molar-refractivity contribution in [2.24, 2.45) is 5.84 Å². The summed E-state index contributed by atoms with van der Waals surface area (Å²) in [5.74, 6) is 4.60. The molecule has 2 rings (SSSR count). The van der Waals surface area contributed by atoms with E-state index in [0.717, 1.165) is 11.3 Å². The van der Waals surface area contributed by atoms with Gasteiger partial charge in [-0.2, -0.15) is 0 Å². The van der Waals surface area contributed by atoms with Crippen molar-refractivity contribution in [1.82, 2.24) is 4.98 Å². The summed E-state index contributed by atoms with van der Waals surface area (Å²) in [6.07, 6.45) is 0. The second-order valence-electron chi connectivity index (χ2n) is 2.49. The van der Waals surface area contributed by atoms with E-state index in [1.165, 1.54) is 12.1 Å². The first kappa shape index (κ1) is 8.21. The van der Waals surface area contributed by atoms with Crippen LogP contribution in [0, 0.1) is 5.82 Å². The second-order valence-corrected chi connectivity index (χ2v) is 3.50. The number of H-pyrrole nitrogens is 1. The minimum absolute atomic E-state index is 0.168. The zero-order chi connectivity index (χ0) is 9.42. The van der Waals surface area contributed by atoms with E-state index < -0.39 is 5.82 Å². The smallest absolute Gasteiger partial charge is 0.305 e. The van der Waals surface area contributed by atoms with Crippen LogP contribution in [-0.4, -0.2) is 4.98 Å². The number of rotatable bonds is 1. The molecule has 68 valence electrons. The van der Waals surface area contributed by atoms with E-state index in [-0.39, 0.29) is 10.6 Å². The lowest BCUT2D eigenvalue weighted by Gasteiger charge is -2.00. The van der Waals surface area contributed by atoms with Crippen molar-refractivity contribution in [3.63, 3.8) is 0 Å². The summed E-state index contributed by atoms with van der Waals surface area (Å²) in [5, 5.41) is 0. The summed E-state index contributed by atoms with van der Waals surface area (Å²) in [7, 11) is 0. The molecule has 4 N–H and O–H groups in total. The van der Waals surface area contributed by atoms with Gasteiger partial charge in [-0.05, 0) is 12.1 Å². The molecule has 0 aliphatic heterocycles. The van der Waals surface area contributed by atoms with E-state index in [0.29, 0.717) is 10.2 Å². The lowest BCUT2D eigenvalue weighted by Crippen LogP contribution is -2.08. The van der Waals surface area contributed by atoms with Gasteiger partial charge < -0.3 is 10.4 Å². The van der Waals surface area contributed by atoms with E-state index in [1.54, 1.807) is 0 Å². The molecule has 0 fully saturated rings. The quantitative estimate of drug-likeness (QED) is 0.474. The third kappa shape index (κ3) is 1.30. The number of aromatic nitrogens is 1. The Labute approximate surface area is 76.2 Å². The van der Waals surface area contributed by atoms with Crippen LogP contribution in [0.4, 0.5) is 10.1 Å². The fourth-order valence-electron chi connectivity index (χ4n) is 1.08. The first-order valence-corrected chi connectivity index (χ1v) is 4.31. The maximum absolute atomic E-state index is 13.1. The molecule has 0 unspecified atom stereocenters. The van der Waals surface area contributed by atoms with Crippen molar-refractivity contribution in [3.8, 4) is 0 Å². The number of hydrogen-bond donors (Lipinski definition) is 3. The molecule has 0 saturated carbocycles. The van der Waals surface area contributed by atoms with Crippen LogP contribution in [-0.2, 0) is 0 Å². The summed E-state index contributed by atoms with van der Waals surface area (Å²) < 4.78 is 13.7. The Balaban J connectivity index is 2.80. The van der Waals surface area contributed by atoms with Crippen LogP contribution in [0.3, 0.4) is 0 Å². The average Bonchev–Trinajstić information content (AvgIpc) is 2.42. The van der Waals surface area contributed by atoms with Gasteiger partial charge in [0.15, 0.2) is 0 Å². The Hall–Kier alpha value is -1.40. The van der Waals surface area contributed by atoms with Gasteiger partial charge in [0.2, 0.25) is 0 Å². The molecule has 0 bridgehead atoms. The number of nitrogens with two attached hydrogens (primary N) is 1. The number of halogens is 1. The molecular weight excluding hydrogens is 193 g/mol. The van der Waals surface area contributed by atoms with Crippen molar-refractivity contribution in [2.75, 3.05) is 5.43 Å². The number of thiazole rings is 1. The Morgan fingerprint density at radius 1 is 1.54 bits per heavy atom. The van der Waals surface area contributed by atoms with Gasteiger partial charge in [0.1, 0.15) is 5.82 Å². The van der Waals surface area contributed by atoms with Crippen molar-refractivity contribution in [1.29, 1.82) is 0 Å². The minimum atomic E-state index is -0.467. The molecular formula is C7H6FN3OS. The fourth-order valence-corrected chi connectivity index (χ4v) is 1.83. The molecule has 13 heavy (non-hydrogen) atoms. The van der Waals surface area contributed by atoms with Gasteiger partial charge in [-0.1, -0.05) is 11.3 Å². The Bertz CT molecular complexity index is 504. The van der Waals surface area contributed by atoms with Crippen molar-refractivity contribution in [3.05, 3.63) is 27.6 Å².